The summed E-state index contributed by atoms with van der Waals surface area (Å²) in [4.78, 5) is 11.2. The summed E-state index contributed by atoms with van der Waals surface area (Å²) in [5.41, 5.74) is 0.614. The zero-order valence-electron chi connectivity index (χ0n) is 9.64. The zero-order chi connectivity index (χ0) is 13.1. The number of benzene rings is 1. The van der Waals surface area contributed by atoms with Gasteiger partial charge in [-0.1, -0.05) is 0 Å². The molecule has 0 saturated heterocycles. The molecule has 92 valence electrons. The number of methoxy groups -OCH3 is 1. The summed E-state index contributed by atoms with van der Waals surface area (Å²) in [6.07, 6.45) is 1.45. The summed E-state index contributed by atoms with van der Waals surface area (Å²) in [5, 5.41) is 9.03. The Balaban J connectivity index is 2.37. The lowest BCUT2D eigenvalue weighted by molar-refractivity contribution is -0.135. The predicted molar refractivity (Wildman–Crippen MR) is 59.9 cm³/mol. The van der Waals surface area contributed by atoms with Gasteiger partial charge in [0.2, 0.25) is 0 Å². The number of hydrogen-bond acceptors (Lipinski definition) is 4. The Morgan fingerprint density at radius 2 is 2.44 bits per heavy atom. The molecular weight excluding hydrogens is 237 g/mol. The molecule has 1 atom stereocenters. The second kappa shape index (κ2) is 4.88. The van der Waals surface area contributed by atoms with E-state index in [0.29, 0.717) is 17.7 Å². The van der Waals surface area contributed by atoms with Gasteiger partial charge in [0.1, 0.15) is 23.2 Å². The summed E-state index contributed by atoms with van der Waals surface area (Å²) in [7, 11) is 1.24. The van der Waals surface area contributed by atoms with Gasteiger partial charge in [0.05, 0.1) is 19.3 Å². The topological polar surface area (TPSA) is 59.3 Å². The molecule has 5 heteroatoms. The normalized spacial score (nSPS) is 19.6. The van der Waals surface area contributed by atoms with Crippen LogP contribution in [0.5, 0.6) is 5.75 Å². The van der Waals surface area contributed by atoms with E-state index in [1.165, 1.54) is 25.3 Å². The van der Waals surface area contributed by atoms with Crippen LogP contribution in [0.15, 0.2) is 30.0 Å². The Labute approximate surface area is 103 Å². The molecule has 1 aromatic carbocycles. The fraction of sp³-hybridized carbons (Fsp3) is 0.231. The van der Waals surface area contributed by atoms with Crippen molar-refractivity contribution in [3.05, 3.63) is 41.4 Å². The molecule has 0 aromatic heterocycles. The van der Waals surface area contributed by atoms with Gasteiger partial charge in [0, 0.05) is 0 Å². The molecule has 1 heterocycles. The van der Waals surface area contributed by atoms with Crippen LogP contribution in [0.2, 0.25) is 0 Å². The maximum absolute atomic E-state index is 13.1. The third-order valence-corrected chi connectivity index (χ3v) is 2.63. The standard InChI is InChI=1S/C13H10FNO3/c1-17-13(16)6-12-9(7-15)4-8-5-10(14)2-3-11(8)18-12/h2-3,5-6,9H,4H2,1H3. The van der Waals surface area contributed by atoms with Gasteiger partial charge >= 0.3 is 5.97 Å². The second-order valence-corrected chi connectivity index (χ2v) is 3.81. The number of allylic oxidation sites excluding steroid dienone is 1. The first kappa shape index (κ1) is 12.1. The van der Waals surface area contributed by atoms with Gasteiger partial charge < -0.3 is 9.47 Å². The highest BCUT2D eigenvalue weighted by atomic mass is 19.1. The molecule has 2 rings (SSSR count). The number of hydrogen-bond donors (Lipinski definition) is 0. The number of ether oxygens (including phenoxy) is 2. The van der Waals surface area contributed by atoms with Crippen molar-refractivity contribution in [2.45, 2.75) is 6.42 Å². The summed E-state index contributed by atoms with van der Waals surface area (Å²) in [5.74, 6) is -0.898. The van der Waals surface area contributed by atoms with Crippen molar-refractivity contribution in [2.75, 3.05) is 7.11 Å². The molecule has 1 unspecified atom stereocenters. The van der Waals surface area contributed by atoms with Crippen molar-refractivity contribution in [3.8, 4) is 11.8 Å². The van der Waals surface area contributed by atoms with Gasteiger partial charge in [-0.2, -0.15) is 5.26 Å². The van der Waals surface area contributed by atoms with Gasteiger partial charge in [-0.3, -0.25) is 0 Å². The van der Waals surface area contributed by atoms with Crippen LogP contribution in [0.25, 0.3) is 0 Å². The van der Waals surface area contributed by atoms with E-state index in [-0.39, 0.29) is 11.6 Å². The molecule has 1 aromatic rings. The summed E-state index contributed by atoms with van der Waals surface area (Å²) in [6.45, 7) is 0. The monoisotopic (exact) mass is 247 g/mol. The van der Waals surface area contributed by atoms with Crippen molar-refractivity contribution in [2.24, 2.45) is 5.92 Å². The van der Waals surface area contributed by atoms with Crippen molar-refractivity contribution in [3.63, 3.8) is 0 Å². The van der Waals surface area contributed by atoms with E-state index in [4.69, 9.17) is 10.00 Å². The summed E-state index contributed by atoms with van der Waals surface area (Å²) in [6, 6.07) is 6.09. The fourth-order valence-electron chi connectivity index (χ4n) is 1.74. The predicted octanol–water partition coefficient (Wildman–Crippen LogP) is 1.96. The van der Waals surface area contributed by atoms with Crippen molar-refractivity contribution in [1.29, 1.82) is 5.26 Å². The molecule has 18 heavy (non-hydrogen) atoms. The first-order valence-corrected chi connectivity index (χ1v) is 5.29. The molecule has 1 aliphatic heterocycles. The number of nitrogens with zero attached hydrogens (tertiary/aromatic N) is 1. The summed E-state index contributed by atoms with van der Waals surface area (Å²) < 4.78 is 23.0. The van der Waals surface area contributed by atoms with Gasteiger partial charge in [-0.25, -0.2) is 9.18 Å². The van der Waals surface area contributed by atoms with E-state index in [9.17, 15) is 9.18 Å². The minimum atomic E-state index is -0.613. The maximum Gasteiger partial charge on any atom is 0.333 e. The Bertz CT molecular complexity index is 560. The zero-order valence-corrected chi connectivity index (χ0v) is 9.64. The Morgan fingerprint density at radius 3 is 3.11 bits per heavy atom. The van der Waals surface area contributed by atoms with Crippen LogP contribution in [0.4, 0.5) is 4.39 Å². The van der Waals surface area contributed by atoms with E-state index in [1.54, 1.807) is 0 Å². The lowest BCUT2D eigenvalue weighted by atomic mass is 9.95. The molecule has 0 bridgehead atoms. The SMILES string of the molecule is COC(=O)C=C1Oc2ccc(F)cc2CC1C#N. The number of esters is 1. The lowest BCUT2D eigenvalue weighted by Gasteiger charge is -2.23. The first-order valence-electron chi connectivity index (χ1n) is 5.29. The number of rotatable bonds is 1. The molecule has 0 fully saturated rings. The van der Waals surface area contributed by atoms with E-state index in [0.717, 1.165) is 6.08 Å². The van der Waals surface area contributed by atoms with Crippen LogP contribution in [0, 0.1) is 23.1 Å². The molecule has 0 aliphatic carbocycles. The smallest absolute Gasteiger partial charge is 0.333 e. The molecular formula is C13H10FNO3. The Kier molecular flexibility index (Phi) is 3.28. The van der Waals surface area contributed by atoms with Crippen molar-refractivity contribution < 1.29 is 18.7 Å². The number of carbonyl (C=O) groups excluding carboxylic acids is 1. The Hall–Kier alpha value is -2.35. The molecule has 1 aliphatic rings. The largest absolute Gasteiger partial charge is 0.466 e. The molecule has 4 nitrogen and oxygen atoms in total. The number of halogens is 1. The highest BCUT2D eigenvalue weighted by Gasteiger charge is 2.26. The quantitative estimate of drug-likeness (QED) is 0.562. The van der Waals surface area contributed by atoms with Crippen LogP contribution in [0.1, 0.15) is 5.56 Å². The van der Waals surface area contributed by atoms with Gasteiger partial charge in [0.25, 0.3) is 0 Å². The number of carbonyl (C=O) groups is 1. The molecule has 0 N–H and O–H groups in total. The highest BCUT2D eigenvalue weighted by molar-refractivity contribution is 5.82. The fourth-order valence-corrected chi connectivity index (χ4v) is 1.74. The van der Waals surface area contributed by atoms with E-state index in [1.807, 2.05) is 6.07 Å². The average Bonchev–Trinajstić information content (AvgIpc) is 2.38. The Morgan fingerprint density at radius 1 is 1.67 bits per heavy atom. The van der Waals surface area contributed by atoms with Crippen LogP contribution >= 0.6 is 0 Å². The van der Waals surface area contributed by atoms with Crippen molar-refractivity contribution >= 4 is 5.97 Å². The molecule has 0 saturated carbocycles. The molecule has 0 amide bonds. The molecule has 0 radical (unpaired) electrons. The lowest BCUT2D eigenvalue weighted by Crippen LogP contribution is -2.19. The van der Waals surface area contributed by atoms with E-state index >= 15 is 0 Å². The van der Waals surface area contributed by atoms with Crippen LogP contribution in [-0.4, -0.2) is 13.1 Å². The second-order valence-electron chi connectivity index (χ2n) is 3.81. The van der Waals surface area contributed by atoms with Gasteiger partial charge in [0.15, 0.2) is 0 Å². The first-order chi connectivity index (χ1) is 8.63. The third kappa shape index (κ3) is 2.33. The minimum absolute atomic E-state index is 0.225. The van der Waals surface area contributed by atoms with Crippen molar-refractivity contribution in [1.82, 2.24) is 0 Å². The summed E-state index contributed by atoms with van der Waals surface area (Å²) >= 11 is 0. The number of nitriles is 1. The van der Waals surface area contributed by atoms with E-state index in [2.05, 4.69) is 4.74 Å². The van der Waals surface area contributed by atoms with Gasteiger partial charge in [-0.15, -0.1) is 0 Å². The van der Waals surface area contributed by atoms with Crippen LogP contribution in [0.3, 0.4) is 0 Å². The maximum atomic E-state index is 13.1. The van der Waals surface area contributed by atoms with Crippen LogP contribution < -0.4 is 4.74 Å². The average molecular weight is 247 g/mol. The minimum Gasteiger partial charge on any atom is -0.466 e. The number of fused-ring (bicyclic) bond motifs is 1. The van der Waals surface area contributed by atoms with E-state index < -0.39 is 11.9 Å². The third-order valence-electron chi connectivity index (χ3n) is 2.63. The van der Waals surface area contributed by atoms with Crippen LogP contribution in [-0.2, 0) is 16.0 Å². The van der Waals surface area contributed by atoms with Gasteiger partial charge in [-0.05, 0) is 30.2 Å². The highest BCUT2D eigenvalue weighted by Crippen LogP contribution is 2.33. The molecule has 0 spiro atoms.